The van der Waals surface area contributed by atoms with E-state index < -0.39 is 0 Å². The first-order chi connectivity index (χ1) is 30.6. The third-order valence-corrected chi connectivity index (χ3v) is 12.7. The van der Waals surface area contributed by atoms with Gasteiger partial charge in [-0.05, 0) is 72.8 Å². The molecule has 0 unspecified atom stereocenters. The molecule has 2 fully saturated rings. The van der Waals surface area contributed by atoms with Crippen LogP contribution in [0.1, 0.15) is 64.5 Å². The molecule has 2 aromatic carbocycles. The maximum absolute atomic E-state index is 13.3. The van der Waals surface area contributed by atoms with E-state index in [4.69, 9.17) is 34.6 Å². The number of hydrogen-bond acceptors (Lipinski definition) is 16. The Kier molecular flexibility index (Phi) is 14.1. The number of nitrogen functional groups attached to an aromatic ring is 1. The number of nitrogens with zero attached hydrogens (tertiary/aromatic N) is 7. The van der Waals surface area contributed by atoms with Crippen LogP contribution >= 0.6 is 11.3 Å². The first-order valence-corrected chi connectivity index (χ1v) is 22.4. The fourth-order valence-corrected chi connectivity index (χ4v) is 9.28. The standard InChI is InChI=1S/C45H55N9O8S/c1-28(2)35-21-36(39(56)22-38(35)55)44(58)54-25-30-3-4-33(19-31(30)26-54)62-18-17-61-16-15-59-12-7-47-43(57)29-5-8-52(9-6-29)27-34-20-37-40(63-34)42(53-10-13-60-14-11-53)51-41(50-37)32-23-48-45(46)49-24-32/h3-4,19-24,28-29,55-56H,5-18,25-27H2,1-2H3,(H,47,57)(H2,46,48,49). The molecule has 334 valence electrons. The van der Waals surface area contributed by atoms with Crippen LogP contribution in [-0.2, 0) is 38.6 Å². The molecule has 0 saturated carbocycles. The molecule has 63 heavy (non-hydrogen) atoms. The number of rotatable bonds is 17. The van der Waals surface area contributed by atoms with Crippen molar-refractivity contribution in [1.29, 1.82) is 0 Å². The van der Waals surface area contributed by atoms with Crippen LogP contribution in [-0.4, -0.2) is 131 Å². The number of thiophene rings is 1. The van der Waals surface area contributed by atoms with Gasteiger partial charge in [0.2, 0.25) is 11.9 Å². The number of ether oxygens (including phenoxy) is 4. The maximum Gasteiger partial charge on any atom is 0.258 e. The Balaban J connectivity index is 0.701. The summed E-state index contributed by atoms with van der Waals surface area (Å²) in [6.07, 6.45) is 4.89. The Morgan fingerprint density at radius 1 is 0.905 bits per heavy atom. The Bertz CT molecular complexity index is 2380. The molecule has 2 amide bonds. The fraction of sp³-hybridized carbons (Fsp3) is 0.467. The van der Waals surface area contributed by atoms with Gasteiger partial charge < -0.3 is 50.0 Å². The zero-order valence-electron chi connectivity index (χ0n) is 35.8. The van der Waals surface area contributed by atoms with Crippen molar-refractivity contribution in [2.45, 2.75) is 52.2 Å². The van der Waals surface area contributed by atoms with Crippen molar-refractivity contribution in [3.8, 4) is 28.6 Å². The van der Waals surface area contributed by atoms with Gasteiger partial charge in [-0.1, -0.05) is 19.9 Å². The van der Waals surface area contributed by atoms with E-state index in [0.29, 0.717) is 88.6 Å². The molecular formula is C45H55N9O8S. The minimum Gasteiger partial charge on any atom is -0.508 e. The van der Waals surface area contributed by atoms with Crippen molar-refractivity contribution in [1.82, 2.24) is 35.1 Å². The van der Waals surface area contributed by atoms with Gasteiger partial charge in [-0.3, -0.25) is 14.5 Å². The van der Waals surface area contributed by atoms with Crippen molar-refractivity contribution in [3.05, 3.63) is 75.9 Å². The summed E-state index contributed by atoms with van der Waals surface area (Å²) in [6.45, 7) is 12.3. The number of piperidine rings is 1. The van der Waals surface area contributed by atoms with Gasteiger partial charge in [0.05, 0.1) is 61.0 Å². The number of benzene rings is 2. The van der Waals surface area contributed by atoms with E-state index in [1.54, 1.807) is 34.7 Å². The molecule has 6 heterocycles. The summed E-state index contributed by atoms with van der Waals surface area (Å²) in [5, 5.41) is 23.6. The lowest BCUT2D eigenvalue weighted by atomic mass is 9.96. The molecule has 2 saturated heterocycles. The van der Waals surface area contributed by atoms with E-state index in [9.17, 15) is 19.8 Å². The van der Waals surface area contributed by atoms with E-state index in [2.05, 4.69) is 31.2 Å². The molecule has 0 atom stereocenters. The summed E-state index contributed by atoms with van der Waals surface area (Å²) in [4.78, 5) is 52.0. The second-order valence-electron chi connectivity index (χ2n) is 16.3. The van der Waals surface area contributed by atoms with Gasteiger partial charge in [-0.15, -0.1) is 11.3 Å². The minimum atomic E-state index is -0.291. The predicted octanol–water partition coefficient (Wildman–Crippen LogP) is 4.70. The quantitative estimate of drug-likeness (QED) is 0.0934. The molecule has 0 radical (unpaired) electrons. The normalized spacial score (nSPS) is 15.9. The average Bonchev–Trinajstić information content (AvgIpc) is 3.91. The van der Waals surface area contributed by atoms with Gasteiger partial charge in [0, 0.05) is 68.5 Å². The number of aromatic nitrogens is 4. The molecular weight excluding hydrogens is 827 g/mol. The second-order valence-corrected chi connectivity index (χ2v) is 17.5. The number of carbonyl (C=O) groups is 2. The third-order valence-electron chi connectivity index (χ3n) is 11.6. The number of nitrogens with two attached hydrogens (primary N) is 1. The van der Waals surface area contributed by atoms with Gasteiger partial charge in [-0.25, -0.2) is 19.9 Å². The van der Waals surface area contributed by atoms with E-state index in [1.807, 2.05) is 32.0 Å². The van der Waals surface area contributed by atoms with E-state index in [0.717, 1.165) is 72.7 Å². The van der Waals surface area contributed by atoms with Crippen LogP contribution < -0.4 is 20.7 Å². The third kappa shape index (κ3) is 10.8. The van der Waals surface area contributed by atoms with Crippen molar-refractivity contribution in [3.63, 3.8) is 0 Å². The van der Waals surface area contributed by atoms with Crippen LogP contribution in [0.4, 0.5) is 11.8 Å². The second kappa shape index (κ2) is 20.2. The number of aromatic hydroxyl groups is 2. The number of morpholine rings is 1. The zero-order chi connectivity index (χ0) is 43.9. The van der Waals surface area contributed by atoms with Gasteiger partial charge in [0.15, 0.2) is 11.6 Å². The lowest BCUT2D eigenvalue weighted by Crippen LogP contribution is -2.41. The lowest BCUT2D eigenvalue weighted by Gasteiger charge is -2.30. The average molecular weight is 882 g/mol. The van der Waals surface area contributed by atoms with Gasteiger partial charge in [0.1, 0.15) is 23.9 Å². The number of nitrogens with one attached hydrogen (secondary N) is 1. The Morgan fingerprint density at radius 3 is 2.40 bits per heavy atom. The predicted molar refractivity (Wildman–Crippen MR) is 238 cm³/mol. The van der Waals surface area contributed by atoms with Gasteiger partial charge in [0.25, 0.3) is 5.91 Å². The van der Waals surface area contributed by atoms with Crippen LogP contribution in [0.15, 0.2) is 48.8 Å². The number of hydrogen-bond donors (Lipinski definition) is 4. The highest BCUT2D eigenvalue weighted by Gasteiger charge is 2.29. The summed E-state index contributed by atoms with van der Waals surface area (Å²) < 4.78 is 23.9. The Morgan fingerprint density at radius 2 is 1.63 bits per heavy atom. The van der Waals surface area contributed by atoms with Crippen LogP contribution in [0.25, 0.3) is 21.6 Å². The smallest absolute Gasteiger partial charge is 0.258 e. The summed E-state index contributed by atoms with van der Waals surface area (Å²) >= 11 is 1.72. The molecule has 8 rings (SSSR count). The molecule has 3 aliphatic heterocycles. The highest BCUT2D eigenvalue weighted by Crippen LogP contribution is 2.37. The number of carbonyl (C=O) groups excluding carboxylic acids is 2. The Hall–Kier alpha value is -5.66. The van der Waals surface area contributed by atoms with Gasteiger partial charge in [-0.2, -0.15) is 0 Å². The lowest BCUT2D eigenvalue weighted by molar-refractivity contribution is -0.126. The molecule has 0 aliphatic carbocycles. The van der Waals surface area contributed by atoms with E-state index >= 15 is 0 Å². The summed E-state index contributed by atoms with van der Waals surface area (Å²) in [5.41, 5.74) is 10.1. The van der Waals surface area contributed by atoms with E-state index in [1.165, 1.54) is 10.9 Å². The van der Waals surface area contributed by atoms with Crippen molar-refractivity contribution < 1.29 is 38.7 Å². The summed E-state index contributed by atoms with van der Waals surface area (Å²) in [6, 6.07) is 10.7. The molecule has 0 bridgehead atoms. The van der Waals surface area contributed by atoms with Crippen LogP contribution in [0, 0.1) is 5.92 Å². The molecule has 3 aliphatic rings. The molecule has 18 heteroatoms. The molecule has 5 aromatic rings. The largest absolute Gasteiger partial charge is 0.508 e. The number of phenols is 2. The number of phenolic OH excluding ortho intramolecular Hbond substituents is 2. The molecule has 17 nitrogen and oxygen atoms in total. The molecule has 3 aromatic heterocycles. The van der Waals surface area contributed by atoms with Crippen molar-refractivity contribution >= 4 is 45.1 Å². The monoisotopic (exact) mass is 881 g/mol. The number of fused-ring (bicyclic) bond motifs is 2. The maximum atomic E-state index is 13.3. The van der Waals surface area contributed by atoms with Crippen LogP contribution in [0.3, 0.4) is 0 Å². The summed E-state index contributed by atoms with van der Waals surface area (Å²) in [7, 11) is 0. The van der Waals surface area contributed by atoms with Gasteiger partial charge >= 0.3 is 0 Å². The fourth-order valence-electron chi connectivity index (χ4n) is 8.12. The number of anilines is 2. The van der Waals surface area contributed by atoms with Crippen LogP contribution in [0.5, 0.6) is 17.2 Å². The van der Waals surface area contributed by atoms with Crippen molar-refractivity contribution in [2.75, 3.05) is 89.6 Å². The van der Waals surface area contributed by atoms with Crippen molar-refractivity contribution in [2.24, 2.45) is 5.92 Å². The zero-order valence-corrected chi connectivity index (χ0v) is 36.6. The SMILES string of the molecule is CC(C)c1cc(C(=O)N2Cc3ccc(OCCOCCOCCNC(=O)C4CCN(Cc5cc6nc(-c7cnc(N)nc7)nc(N7CCOCC7)c6s5)CC4)cc3C2)c(O)cc1O. The number of likely N-dealkylation sites (tertiary alicyclic amines) is 1. The first kappa shape index (κ1) is 44.0. The Labute approximate surface area is 370 Å². The highest BCUT2D eigenvalue weighted by molar-refractivity contribution is 7.19. The number of amides is 2. The van der Waals surface area contributed by atoms with E-state index in [-0.39, 0.29) is 46.7 Å². The molecule has 0 spiro atoms. The topological polar surface area (TPSA) is 211 Å². The molecule has 5 N–H and O–H groups in total. The first-order valence-electron chi connectivity index (χ1n) is 21.6. The minimum absolute atomic E-state index is 0.000390. The van der Waals surface area contributed by atoms with Crippen LogP contribution in [0.2, 0.25) is 0 Å². The highest BCUT2D eigenvalue weighted by atomic mass is 32.1. The summed E-state index contributed by atoms with van der Waals surface area (Å²) in [5.74, 6) is 1.85.